The smallest absolute Gasteiger partial charge is 0.225 e. The first-order valence-corrected chi connectivity index (χ1v) is 10.8. The van der Waals surface area contributed by atoms with Crippen LogP contribution in [0, 0.1) is 6.92 Å². The zero-order chi connectivity index (χ0) is 21.8. The number of amides is 1. The average Bonchev–Trinajstić information content (AvgIpc) is 3.33. The van der Waals surface area contributed by atoms with Gasteiger partial charge < -0.3 is 14.4 Å². The molecule has 1 amide bonds. The predicted molar refractivity (Wildman–Crippen MR) is 124 cm³/mol. The second-order valence-corrected chi connectivity index (χ2v) is 8.23. The Morgan fingerprint density at radius 2 is 1.48 bits per heavy atom. The van der Waals surface area contributed by atoms with Crippen LogP contribution in [0.15, 0.2) is 73.1 Å². The minimum atomic E-state index is 0.000236. The van der Waals surface area contributed by atoms with Crippen molar-refractivity contribution in [2.24, 2.45) is 0 Å². The van der Waals surface area contributed by atoms with Gasteiger partial charge in [0.1, 0.15) is 0 Å². The second-order valence-electron chi connectivity index (χ2n) is 8.23. The van der Waals surface area contributed by atoms with Crippen LogP contribution in [0.4, 0.5) is 5.69 Å². The highest BCUT2D eigenvalue weighted by atomic mass is 16.2. The third-order valence-electron chi connectivity index (χ3n) is 6.09. The zero-order valence-electron chi connectivity index (χ0n) is 18.2. The van der Waals surface area contributed by atoms with Gasteiger partial charge >= 0.3 is 0 Å². The Bertz CT molecular complexity index is 1020. The molecule has 2 aromatic carbocycles. The maximum Gasteiger partial charge on any atom is 0.225 e. The molecule has 31 heavy (non-hydrogen) atoms. The number of ketones is 1. The van der Waals surface area contributed by atoms with Crippen LogP contribution >= 0.6 is 0 Å². The Balaban J connectivity index is 1.40. The van der Waals surface area contributed by atoms with Crippen LogP contribution in [-0.4, -0.2) is 47.3 Å². The molecular formula is C26H29N3O2. The van der Waals surface area contributed by atoms with Gasteiger partial charge in [-0.05, 0) is 55.8 Å². The van der Waals surface area contributed by atoms with E-state index in [0.29, 0.717) is 19.5 Å². The van der Waals surface area contributed by atoms with Crippen molar-refractivity contribution in [2.45, 2.75) is 26.3 Å². The fourth-order valence-electron chi connectivity index (χ4n) is 4.16. The average molecular weight is 416 g/mol. The Morgan fingerprint density at radius 1 is 0.871 bits per heavy atom. The number of benzene rings is 2. The van der Waals surface area contributed by atoms with Crippen LogP contribution in [0.25, 0.3) is 0 Å². The van der Waals surface area contributed by atoms with Crippen molar-refractivity contribution in [2.75, 3.05) is 31.1 Å². The Morgan fingerprint density at radius 3 is 2.06 bits per heavy atom. The highest BCUT2D eigenvalue weighted by Gasteiger charge is 2.25. The highest BCUT2D eigenvalue weighted by molar-refractivity contribution is 5.94. The number of piperazine rings is 1. The number of rotatable bonds is 6. The third-order valence-corrected chi connectivity index (χ3v) is 6.09. The summed E-state index contributed by atoms with van der Waals surface area (Å²) in [6, 6.07) is 20.2. The quantitative estimate of drug-likeness (QED) is 0.563. The van der Waals surface area contributed by atoms with E-state index in [-0.39, 0.29) is 17.7 Å². The molecule has 1 aromatic heterocycles. The van der Waals surface area contributed by atoms with Crippen LogP contribution < -0.4 is 4.90 Å². The van der Waals surface area contributed by atoms with Crippen molar-refractivity contribution < 1.29 is 9.59 Å². The molecule has 5 nitrogen and oxygen atoms in total. The number of hydrogen-bond acceptors (Lipinski definition) is 3. The topological polar surface area (TPSA) is 45.6 Å². The van der Waals surface area contributed by atoms with E-state index in [4.69, 9.17) is 0 Å². The fraction of sp³-hybridized carbons (Fsp3) is 0.308. The molecule has 1 aliphatic heterocycles. The molecule has 0 radical (unpaired) electrons. The van der Waals surface area contributed by atoms with Crippen LogP contribution in [0.3, 0.4) is 0 Å². The van der Waals surface area contributed by atoms with E-state index >= 15 is 0 Å². The molecule has 0 aliphatic carbocycles. The second kappa shape index (κ2) is 9.21. The van der Waals surface area contributed by atoms with Gasteiger partial charge in [-0.15, -0.1) is 0 Å². The standard InChI is InChI=1S/C26H29N3O2/c1-20-5-7-23(8-6-20)25(28-13-3-4-14-28)19-26(31)29-17-15-27(16-18-29)24-11-9-22(10-12-24)21(2)30/h3-14,25H,15-19H2,1-2H3/t25-/m0/s1. The molecular weight excluding hydrogens is 386 g/mol. The van der Waals surface area contributed by atoms with Gasteiger partial charge in [-0.1, -0.05) is 29.8 Å². The summed E-state index contributed by atoms with van der Waals surface area (Å²) < 4.78 is 2.12. The fourth-order valence-corrected chi connectivity index (χ4v) is 4.16. The first-order chi connectivity index (χ1) is 15.0. The van der Waals surface area contributed by atoms with E-state index in [0.717, 1.165) is 29.9 Å². The Hall–Kier alpha value is -3.34. The van der Waals surface area contributed by atoms with Gasteiger partial charge in [-0.25, -0.2) is 0 Å². The van der Waals surface area contributed by atoms with Gasteiger partial charge in [0.05, 0.1) is 12.5 Å². The lowest BCUT2D eigenvalue weighted by Crippen LogP contribution is -2.49. The number of nitrogens with zero attached hydrogens (tertiary/aromatic N) is 3. The van der Waals surface area contributed by atoms with Crippen molar-refractivity contribution in [3.05, 3.63) is 89.7 Å². The molecule has 0 bridgehead atoms. The maximum absolute atomic E-state index is 13.2. The molecule has 1 saturated heterocycles. The van der Waals surface area contributed by atoms with Crippen LogP contribution in [0.5, 0.6) is 0 Å². The summed E-state index contributed by atoms with van der Waals surface area (Å²) in [7, 11) is 0. The highest BCUT2D eigenvalue weighted by Crippen LogP contribution is 2.25. The number of carbonyl (C=O) groups is 2. The van der Waals surface area contributed by atoms with Crippen LogP contribution in [0.1, 0.15) is 40.9 Å². The summed E-state index contributed by atoms with van der Waals surface area (Å²) in [6.07, 6.45) is 4.51. The van der Waals surface area contributed by atoms with Gasteiger partial charge in [0.25, 0.3) is 0 Å². The summed E-state index contributed by atoms with van der Waals surface area (Å²) >= 11 is 0. The predicted octanol–water partition coefficient (Wildman–Crippen LogP) is 4.33. The van der Waals surface area contributed by atoms with Crippen molar-refractivity contribution >= 4 is 17.4 Å². The van der Waals surface area contributed by atoms with Gasteiger partial charge in [0.2, 0.25) is 5.91 Å². The summed E-state index contributed by atoms with van der Waals surface area (Å²) in [5.41, 5.74) is 4.19. The number of aryl methyl sites for hydroxylation is 1. The molecule has 0 saturated carbocycles. The summed E-state index contributed by atoms with van der Waals surface area (Å²) in [4.78, 5) is 28.9. The lowest BCUT2D eigenvalue weighted by atomic mass is 10.0. The third kappa shape index (κ3) is 4.88. The van der Waals surface area contributed by atoms with Crippen LogP contribution in [0.2, 0.25) is 0 Å². The molecule has 1 atom stereocenters. The van der Waals surface area contributed by atoms with E-state index in [1.807, 2.05) is 53.7 Å². The Labute approximate surface area is 183 Å². The van der Waals surface area contributed by atoms with E-state index in [9.17, 15) is 9.59 Å². The molecule has 0 unspecified atom stereocenters. The molecule has 2 heterocycles. The number of carbonyl (C=O) groups excluding carboxylic acids is 2. The van der Waals surface area contributed by atoms with Gasteiger partial charge in [0.15, 0.2) is 5.78 Å². The maximum atomic E-state index is 13.2. The monoisotopic (exact) mass is 415 g/mol. The molecule has 0 N–H and O–H groups in total. The molecule has 1 fully saturated rings. The molecule has 5 heteroatoms. The normalized spacial score (nSPS) is 15.0. The minimum absolute atomic E-state index is 0.000236. The summed E-state index contributed by atoms with van der Waals surface area (Å²) in [6.45, 7) is 6.66. The van der Waals surface area contributed by atoms with Crippen molar-refractivity contribution in [1.82, 2.24) is 9.47 Å². The lowest BCUT2D eigenvalue weighted by Gasteiger charge is -2.37. The first-order valence-electron chi connectivity index (χ1n) is 10.8. The molecule has 4 rings (SSSR count). The van der Waals surface area contributed by atoms with Gasteiger partial charge in [-0.2, -0.15) is 0 Å². The zero-order valence-corrected chi connectivity index (χ0v) is 18.2. The van der Waals surface area contributed by atoms with E-state index in [1.54, 1.807) is 6.92 Å². The molecule has 160 valence electrons. The molecule has 1 aliphatic rings. The largest absolute Gasteiger partial charge is 0.368 e. The lowest BCUT2D eigenvalue weighted by molar-refractivity contribution is -0.132. The number of anilines is 1. The van der Waals surface area contributed by atoms with Crippen molar-refractivity contribution in [3.8, 4) is 0 Å². The first kappa shape index (κ1) is 20.9. The number of hydrogen-bond donors (Lipinski definition) is 0. The van der Waals surface area contributed by atoms with E-state index < -0.39 is 0 Å². The van der Waals surface area contributed by atoms with Crippen LogP contribution in [-0.2, 0) is 4.79 Å². The number of Topliss-reactive ketones (excluding diaryl/α,β-unsaturated/α-hetero) is 1. The summed E-state index contributed by atoms with van der Waals surface area (Å²) in [5, 5.41) is 0. The summed E-state index contributed by atoms with van der Waals surface area (Å²) in [5.74, 6) is 0.263. The molecule has 3 aromatic rings. The van der Waals surface area contributed by atoms with Gasteiger partial charge in [0, 0.05) is 49.8 Å². The minimum Gasteiger partial charge on any atom is -0.368 e. The number of aromatic nitrogens is 1. The van der Waals surface area contributed by atoms with Gasteiger partial charge in [-0.3, -0.25) is 9.59 Å². The molecule has 0 spiro atoms. The Kier molecular flexibility index (Phi) is 6.21. The van der Waals surface area contributed by atoms with Crippen molar-refractivity contribution in [1.29, 1.82) is 0 Å². The van der Waals surface area contributed by atoms with E-state index in [2.05, 4.69) is 40.7 Å². The van der Waals surface area contributed by atoms with Crippen molar-refractivity contribution in [3.63, 3.8) is 0 Å². The van der Waals surface area contributed by atoms with E-state index in [1.165, 1.54) is 5.56 Å². The SMILES string of the molecule is CC(=O)c1ccc(N2CCN(C(=O)C[C@@H](c3ccc(C)cc3)n3cccc3)CC2)cc1.